The molecule has 1 rings (SSSR count). The number of nitrogens with zero attached hydrogens (tertiary/aromatic N) is 3. The molecule has 0 aliphatic rings. The monoisotopic (exact) mass is 194 g/mol. The number of likely N-dealkylation sites (N-methyl/N-ethyl adjacent to an activating group) is 1. The van der Waals surface area contributed by atoms with Gasteiger partial charge in [-0.2, -0.15) is 5.10 Å². The summed E-state index contributed by atoms with van der Waals surface area (Å²) < 4.78 is 0. The molecule has 0 saturated heterocycles. The Balaban J connectivity index is 2.25. The van der Waals surface area contributed by atoms with Gasteiger partial charge in [-0.25, -0.2) is 0 Å². The van der Waals surface area contributed by atoms with Crippen molar-refractivity contribution in [3.05, 3.63) is 18.3 Å². The summed E-state index contributed by atoms with van der Waals surface area (Å²) in [5.41, 5.74) is 0. The van der Waals surface area contributed by atoms with E-state index in [2.05, 4.69) is 27.3 Å². The van der Waals surface area contributed by atoms with E-state index in [0.717, 1.165) is 25.5 Å². The quantitative estimate of drug-likeness (QED) is 0.683. The van der Waals surface area contributed by atoms with Gasteiger partial charge in [-0.05, 0) is 25.1 Å². The zero-order valence-electron chi connectivity index (χ0n) is 8.90. The number of hydrogen-bond donors (Lipinski definition) is 1. The molecule has 0 aliphatic heterocycles. The van der Waals surface area contributed by atoms with Crippen molar-refractivity contribution < 1.29 is 0 Å². The zero-order chi connectivity index (χ0) is 10.2. The van der Waals surface area contributed by atoms with Crippen LogP contribution in [0.3, 0.4) is 0 Å². The maximum absolute atomic E-state index is 4.03. The molecular weight excluding hydrogens is 176 g/mol. The highest BCUT2D eigenvalue weighted by molar-refractivity contribution is 5.34. The van der Waals surface area contributed by atoms with Gasteiger partial charge in [-0.1, -0.05) is 6.92 Å². The van der Waals surface area contributed by atoms with Crippen molar-refractivity contribution in [1.29, 1.82) is 0 Å². The van der Waals surface area contributed by atoms with E-state index in [1.54, 1.807) is 6.20 Å². The number of anilines is 1. The normalized spacial score (nSPS) is 10.1. The lowest BCUT2D eigenvalue weighted by molar-refractivity contribution is 0.662. The lowest BCUT2D eigenvalue weighted by Crippen LogP contribution is -2.30. The van der Waals surface area contributed by atoms with Crippen LogP contribution >= 0.6 is 0 Å². The molecule has 1 aromatic heterocycles. The third-order valence-corrected chi connectivity index (χ3v) is 2.00. The first-order chi connectivity index (χ1) is 6.84. The van der Waals surface area contributed by atoms with E-state index in [9.17, 15) is 0 Å². The number of aromatic nitrogens is 2. The van der Waals surface area contributed by atoms with Crippen LogP contribution < -0.4 is 10.2 Å². The van der Waals surface area contributed by atoms with Gasteiger partial charge in [0.2, 0.25) is 0 Å². The first kappa shape index (κ1) is 10.9. The fourth-order valence-corrected chi connectivity index (χ4v) is 1.16. The summed E-state index contributed by atoms with van der Waals surface area (Å²) in [5, 5.41) is 11.2. The average Bonchev–Trinajstić information content (AvgIpc) is 2.25. The van der Waals surface area contributed by atoms with Crippen molar-refractivity contribution in [2.45, 2.75) is 13.3 Å². The fourth-order valence-electron chi connectivity index (χ4n) is 1.16. The molecule has 0 fully saturated rings. The van der Waals surface area contributed by atoms with Crippen molar-refractivity contribution in [2.24, 2.45) is 0 Å². The molecule has 0 atom stereocenters. The molecule has 0 unspecified atom stereocenters. The van der Waals surface area contributed by atoms with Crippen LogP contribution in [-0.2, 0) is 0 Å². The van der Waals surface area contributed by atoms with Gasteiger partial charge in [0.25, 0.3) is 0 Å². The molecule has 0 saturated carbocycles. The molecule has 0 spiro atoms. The number of nitrogens with one attached hydrogen (secondary N) is 1. The molecule has 1 aromatic rings. The highest BCUT2D eigenvalue weighted by atomic mass is 15.2. The first-order valence-corrected chi connectivity index (χ1v) is 5.04. The maximum Gasteiger partial charge on any atom is 0.151 e. The summed E-state index contributed by atoms with van der Waals surface area (Å²) in [6.45, 7) is 5.19. The summed E-state index contributed by atoms with van der Waals surface area (Å²) in [7, 11) is 2.03. The Bertz CT molecular complexity index is 237. The highest BCUT2D eigenvalue weighted by Crippen LogP contribution is 2.03. The molecule has 0 aliphatic carbocycles. The summed E-state index contributed by atoms with van der Waals surface area (Å²) in [4.78, 5) is 2.09. The van der Waals surface area contributed by atoms with Crippen molar-refractivity contribution in [3.63, 3.8) is 0 Å². The Morgan fingerprint density at radius 3 is 2.93 bits per heavy atom. The second kappa shape index (κ2) is 6.32. The van der Waals surface area contributed by atoms with Gasteiger partial charge in [0.05, 0.1) is 0 Å². The molecule has 78 valence electrons. The number of rotatable bonds is 6. The van der Waals surface area contributed by atoms with Crippen LogP contribution in [0.4, 0.5) is 5.82 Å². The molecule has 14 heavy (non-hydrogen) atoms. The van der Waals surface area contributed by atoms with Gasteiger partial charge in [0.1, 0.15) is 0 Å². The highest BCUT2D eigenvalue weighted by Gasteiger charge is 1.99. The third-order valence-electron chi connectivity index (χ3n) is 2.00. The van der Waals surface area contributed by atoms with Crippen LogP contribution in [0.15, 0.2) is 18.3 Å². The molecule has 4 heteroatoms. The van der Waals surface area contributed by atoms with Crippen LogP contribution in [0.2, 0.25) is 0 Å². The van der Waals surface area contributed by atoms with Gasteiger partial charge >= 0.3 is 0 Å². The van der Waals surface area contributed by atoms with Gasteiger partial charge in [0, 0.05) is 26.3 Å². The summed E-state index contributed by atoms with van der Waals surface area (Å²) >= 11 is 0. The van der Waals surface area contributed by atoms with Crippen LogP contribution in [0.1, 0.15) is 13.3 Å². The van der Waals surface area contributed by atoms with E-state index in [1.165, 1.54) is 6.42 Å². The Kier molecular flexibility index (Phi) is 4.93. The number of hydrogen-bond acceptors (Lipinski definition) is 4. The lowest BCUT2D eigenvalue weighted by Gasteiger charge is -2.17. The van der Waals surface area contributed by atoms with E-state index in [4.69, 9.17) is 0 Å². The van der Waals surface area contributed by atoms with Crippen molar-refractivity contribution in [3.8, 4) is 0 Å². The van der Waals surface area contributed by atoms with Crippen molar-refractivity contribution >= 4 is 5.82 Å². The first-order valence-electron chi connectivity index (χ1n) is 5.04. The largest absolute Gasteiger partial charge is 0.357 e. The predicted octanol–water partition coefficient (Wildman–Crippen LogP) is 0.912. The summed E-state index contributed by atoms with van der Waals surface area (Å²) in [6.07, 6.45) is 2.86. The predicted molar refractivity (Wildman–Crippen MR) is 58.5 cm³/mol. The second-order valence-corrected chi connectivity index (χ2v) is 3.25. The molecule has 4 nitrogen and oxygen atoms in total. The lowest BCUT2D eigenvalue weighted by atomic mass is 10.4. The minimum absolute atomic E-state index is 0.922. The van der Waals surface area contributed by atoms with Gasteiger partial charge < -0.3 is 10.2 Å². The molecule has 1 heterocycles. The Morgan fingerprint density at radius 1 is 1.43 bits per heavy atom. The van der Waals surface area contributed by atoms with E-state index in [-0.39, 0.29) is 0 Å². The Labute approximate surface area is 85.3 Å². The van der Waals surface area contributed by atoms with Crippen molar-refractivity contribution in [1.82, 2.24) is 15.5 Å². The smallest absolute Gasteiger partial charge is 0.151 e. The molecule has 1 N–H and O–H groups in total. The third kappa shape index (κ3) is 3.70. The average molecular weight is 194 g/mol. The minimum Gasteiger partial charge on any atom is -0.357 e. The van der Waals surface area contributed by atoms with Gasteiger partial charge in [-0.3, -0.25) is 0 Å². The van der Waals surface area contributed by atoms with Crippen molar-refractivity contribution in [2.75, 3.05) is 31.6 Å². The molecular formula is C10H18N4. The van der Waals surface area contributed by atoms with Crippen LogP contribution in [0.25, 0.3) is 0 Å². The van der Waals surface area contributed by atoms with Gasteiger partial charge in [0.15, 0.2) is 5.82 Å². The Morgan fingerprint density at radius 2 is 2.29 bits per heavy atom. The van der Waals surface area contributed by atoms with E-state index in [0.29, 0.717) is 0 Å². The topological polar surface area (TPSA) is 41.0 Å². The van der Waals surface area contributed by atoms with E-state index >= 15 is 0 Å². The van der Waals surface area contributed by atoms with Crippen LogP contribution in [0, 0.1) is 0 Å². The second-order valence-electron chi connectivity index (χ2n) is 3.25. The molecule has 0 radical (unpaired) electrons. The van der Waals surface area contributed by atoms with Crippen LogP contribution in [0.5, 0.6) is 0 Å². The maximum atomic E-state index is 4.03. The fraction of sp³-hybridized carbons (Fsp3) is 0.600. The minimum atomic E-state index is 0.922. The Hall–Kier alpha value is -1.16. The zero-order valence-corrected chi connectivity index (χ0v) is 8.90. The van der Waals surface area contributed by atoms with Crippen LogP contribution in [-0.4, -0.2) is 36.9 Å². The van der Waals surface area contributed by atoms with E-state index in [1.807, 2.05) is 19.2 Å². The molecule has 0 amide bonds. The SMILES string of the molecule is CCCNCCN(C)c1cccnn1. The molecule has 0 aromatic carbocycles. The molecule has 0 bridgehead atoms. The summed E-state index contributed by atoms with van der Waals surface area (Å²) in [6, 6.07) is 3.87. The van der Waals surface area contributed by atoms with Gasteiger partial charge in [-0.15, -0.1) is 5.10 Å². The standard InChI is InChI=1S/C10H18N4/c1-3-6-11-8-9-14(2)10-5-4-7-12-13-10/h4-5,7,11H,3,6,8-9H2,1-2H3. The summed E-state index contributed by atoms with van der Waals surface area (Å²) in [5.74, 6) is 0.922. The van der Waals surface area contributed by atoms with E-state index < -0.39 is 0 Å².